The highest BCUT2D eigenvalue weighted by Crippen LogP contribution is 2.09. The molecule has 0 fully saturated rings. The predicted octanol–water partition coefficient (Wildman–Crippen LogP) is 1.84. The molecule has 0 atom stereocenters. The van der Waals surface area contributed by atoms with Gasteiger partial charge >= 0.3 is 0 Å². The molecule has 0 unspecified atom stereocenters. The number of nitrogens with zero attached hydrogens (tertiary/aromatic N) is 4. The third kappa shape index (κ3) is 2.78. The summed E-state index contributed by atoms with van der Waals surface area (Å²) in [6.07, 6.45) is 7.85. The Labute approximate surface area is 117 Å². The first-order valence-corrected chi connectivity index (χ1v) is 6.59. The lowest BCUT2D eigenvalue weighted by molar-refractivity contribution is 0.781. The van der Waals surface area contributed by atoms with Crippen molar-refractivity contribution in [3.8, 4) is 5.69 Å². The van der Waals surface area contributed by atoms with Gasteiger partial charge in [-0.2, -0.15) is 5.10 Å². The molecule has 1 N–H and O–H groups in total. The molecule has 5 nitrogen and oxygen atoms in total. The summed E-state index contributed by atoms with van der Waals surface area (Å²) in [6.45, 7) is 1.57. The van der Waals surface area contributed by atoms with Gasteiger partial charge in [0.1, 0.15) is 0 Å². The van der Waals surface area contributed by atoms with Crippen LogP contribution >= 0.6 is 0 Å². The largest absolute Gasteiger partial charge is 0.333 e. The number of aromatic nitrogens is 4. The lowest BCUT2D eigenvalue weighted by Gasteiger charge is -2.00. The van der Waals surface area contributed by atoms with E-state index in [9.17, 15) is 0 Å². The van der Waals surface area contributed by atoms with Gasteiger partial charge in [0, 0.05) is 24.5 Å². The maximum atomic E-state index is 4.40. The van der Waals surface area contributed by atoms with E-state index in [1.54, 1.807) is 0 Å². The molecular weight excluding hydrogens is 250 g/mol. The Morgan fingerprint density at radius 1 is 1.15 bits per heavy atom. The van der Waals surface area contributed by atoms with Gasteiger partial charge in [0.15, 0.2) is 0 Å². The molecular formula is C15H17N5. The third-order valence-corrected chi connectivity index (χ3v) is 3.07. The van der Waals surface area contributed by atoms with Crippen LogP contribution in [0.1, 0.15) is 11.3 Å². The quantitative estimate of drug-likeness (QED) is 0.767. The van der Waals surface area contributed by atoms with E-state index in [-0.39, 0.29) is 0 Å². The summed E-state index contributed by atoms with van der Waals surface area (Å²) in [5, 5.41) is 7.49. The summed E-state index contributed by atoms with van der Waals surface area (Å²) in [4.78, 5) is 4.34. The van der Waals surface area contributed by atoms with E-state index in [2.05, 4.69) is 26.2 Å². The monoisotopic (exact) mass is 267 g/mol. The van der Waals surface area contributed by atoms with E-state index in [1.165, 1.54) is 0 Å². The van der Waals surface area contributed by atoms with Crippen molar-refractivity contribution in [2.75, 3.05) is 7.05 Å². The highest BCUT2D eigenvalue weighted by Gasteiger charge is 2.03. The second kappa shape index (κ2) is 5.71. The van der Waals surface area contributed by atoms with Crippen molar-refractivity contribution in [3.63, 3.8) is 0 Å². The van der Waals surface area contributed by atoms with Crippen LogP contribution in [0, 0.1) is 0 Å². The fraction of sp³-hybridized carbons (Fsp3) is 0.200. The minimum Gasteiger partial charge on any atom is -0.333 e. The van der Waals surface area contributed by atoms with E-state index < -0.39 is 0 Å². The molecule has 20 heavy (non-hydrogen) atoms. The van der Waals surface area contributed by atoms with Crippen molar-refractivity contribution < 1.29 is 0 Å². The van der Waals surface area contributed by atoms with Gasteiger partial charge in [-0.3, -0.25) is 0 Å². The van der Waals surface area contributed by atoms with Crippen LogP contribution in [0.4, 0.5) is 0 Å². The van der Waals surface area contributed by atoms with Gasteiger partial charge in [0.2, 0.25) is 0 Å². The van der Waals surface area contributed by atoms with Gasteiger partial charge in [0.25, 0.3) is 0 Å². The van der Waals surface area contributed by atoms with E-state index in [0.29, 0.717) is 0 Å². The van der Waals surface area contributed by atoms with Crippen molar-refractivity contribution in [1.29, 1.82) is 0 Å². The van der Waals surface area contributed by atoms with E-state index >= 15 is 0 Å². The number of hydrogen-bond donors (Lipinski definition) is 1. The molecule has 3 rings (SSSR count). The molecule has 1 aromatic carbocycles. The number of hydrogen-bond acceptors (Lipinski definition) is 3. The Hall–Kier alpha value is -2.40. The number of imidazole rings is 1. The highest BCUT2D eigenvalue weighted by atomic mass is 15.3. The number of nitrogens with one attached hydrogen (secondary N) is 1. The zero-order chi connectivity index (χ0) is 13.8. The Bertz CT molecular complexity index is 668. The minimum absolute atomic E-state index is 0.781. The summed E-state index contributed by atoms with van der Waals surface area (Å²) < 4.78 is 3.96. The van der Waals surface area contributed by atoms with Crippen LogP contribution in [-0.2, 0) is 13.1 Å². The first-order chi connectivity index (χ1) is 9.85. The molecule has 5 heteroatoms. The van der Waals surface area contributed by atoms with Gasteiger partial charge in [-0.15, -0.1) is 0 Å². The topological polar surface area (TPSA) is 47.7 Å². The molecule has 0 amide bonds. The molecule has 0 bridgehead atoms. The Kier molecular flexibility index (Phi) is 3.60. The maximum absolute atomic E-state index is 4.40. The summed E-state index contributed by atoms with van der Waals surface area (Å²) in [7, 11) is 1.92. The molecule has 0 spiro atoms. The van der Waals surface area contributed by atoms with E-state index in [4.69, 9.17) is 0 Å². The van der Waals surface area contributed by atoms with Crippen LogP contribution in [0.5, 0.6) is 0 Å². The molecule has 0 aliphatic rings. The van der Waals surface area contributed by atoms with Gasteiger partial charge < -0.3 is 9.88 Å². The number of para-hydroxylation sites is 1. The molecule has 0 saturated heterocycles. The Morgan fingerprint density at radius 2 is 2.00 bits per heavy atom. The molecule has 2 aromatic heterocycles. The first-order valence-electron chi connectivity index (χ1n) is 6.59. The first kappa shape index (κ1) is 12.6. The van der Waals surface area contributed by atoms with Crippen molar-refractivity contribution in [1.82, 2.24) is 24.6 Å². The van der Waals surface area contributed by atoms with Crippen molar-refractivity contribution in [2.45, 2.75) is 13.1 Å². The van der Waals surface area contributed by atoms with Crippen LogP contribution in [0.3, 0.4) is 0 Å². The summed E-state index contributed by atoms with van der Waals surface area (Å²) >= 11 is 0. The van der Waals surface area contributed by atoms with E-state index in [1.807, 2.05) is 60.8 Å². The molecule has 102 valence electrons. The standard InChI is InChI=1S/C15H17N5/c1-16-8-14-11-19(12-17-14)9-13-7-18-20(10-13)15-5-3-2-4-6-15/h2-7,10-12,16H,8-9H2,1H3. The molecule has 3 aromatic rings. The average molecular weight is 267 g/mol. The zero-order valence-corrected chi connectivity index (χ0v) is 11.4. The molecule has 0 aliphatic carbocycles. The second-order valence-corrected chi connectivity index (χ2v) is 4.70. The van der Waals surface area contributed by atoms with E-state index in [0.717, 1.165) is 30.0 Å². The van der Waals surface area contributed by atoms with Crippen LogP contribution in [0.25, 0.3) is 5.69 Å². The van der Waals surface area contributed by atoms with Gasteiger partial charge in [-0.05, 0) is 19.2 Å². The highest BCUT2D eigenvalue weighted by molar-refractivity contribution is 5.30. The summed E-state index contributed by atoms with van der Waals surface area (Å²) in [5.41, 5.74) is 3.27. The summed E-state index contributed by atoms with van der Waals surface area (Å²) in [5.74, 6) is 0. The lowest BCUT2D eigenvalue weighted by Crippen LogP contribution is -2.05. The summed E-state index contributed by atoms with van der Waals surface area (Å²) in [6, 6.07) is 10.1. The maximum Gasteiger partial charge on any atom is 0.0953 e. The molecule has 0 aliphatic heterocycles. The lowest BCUT2D eigenvalue weighted by atomic mass is 10.3. The van der Waals surface area contributed by atoms with Crippen molar-refractivity contribution in [3.05, 3.63) is 66.5 Å². The normalized spacial score (nSPS) is 10.8. The van der Waals surface area contributed by atoms with Gasteiger partial charge in [0.05, 0.1) is 30.5 Å². The van der Waals surface area contributed by atoms with Crippen LogP contribution in [0.2, 0.25) is 0 Å². The van der Waals surface area contributed by atoms with Crippen LogP contribution < -0.4 is 5.32 Å². The van der Waals surface area contributed by atoms with Crippen LogP contribution in [0.15, 0.2) is 55.2 Å². The molecule has 0 radical (unpaired) electrons. The second-order valence-electron chi connectivity index (χ2n) is 4.70. The molecule has 0 saturated carbocycles. The van der Waals surface area contributed by atoms with Gasteiger partial charge in [-0.25, -0.2) is 9.67 Å². The fourth-order valence-corrected chi connectivity index (χ4v) is 2.14. The zero-order valence-electron chi connectivity index (χ0n) is 11.4. The predicted molar refractivity (Wildman–Crippen MR) is 77.7 cm³/mol. The van der Waals surface area contributed by atoms with Crippen molar-refractivity contribution in [2.24, 2.45) is 0 Å². The SMILES string of the molecule is CNCc1cn(Cc2cnn(-c3ccccc3)c2)cn1. The fourth-order valence-electron chi connectivity index (χ4n) is 2.14. The van der Waals surface area contributed by atoms with Gasteiger partial charge in [-0.1, -0.05) is 18.2 Å². The number of benzene rings is 1. The Balaban J connectivity index is 1.73. The van der Waals surface area contributed by atoms with Crippen LogP contribution in [-0.4, -0.2) is 26.4 Å². The average Bonchev–Trinajstić information content (AvgIpc) is 3.11. The smallest absolute Gasteiger partial charge is 0.0953 e. The third-order valence-electron chi connectivity index (χ3n) is 3.07. The molecule has 2 heterocycles. The number of rotatable bonds is 5. The Morgan fingerprint density at radius 3 is 2.80 bits per heavy atom. The minimum atomic E-state index is 0.781. The van der Waals surface area contributed by atoms with Crippen molar-refractivity contribution >= 4 is 0 Å².